The van der Waals surface area contributed by atoms with E-state index in [0.29, 0.717) is 0 Å². The summed E-state index contributed by atoms with van der Waals surface area (Å²) in [4.78, 5) is 0. The lowest BCUT2D eigenvalue weighted by Gasteiger charge is -1.07. The van der Waals surface area contributed by atoms with Crippen molar-refractivity contribution < 1.29 is 1.43 Å². The van der Waals surface area contributed by atoms with E-state index in [1.807, 2.05) is 27.7 Å². The second-order valence-electron chi connectivity index (χ2n) is 0. The van der Waals surface area contributed by atoms with Crippen LogP contribution in [0.4, 0.5) is 0 Å². The number of hydrogen-bond donors (Lipinski definition) is 0. The molecule has 0 heterocycles. The van der Waals surface area contributed by atoms with Gasteiger partial charge in [0.15, 0.2) is 0 Å². The van der Waals surface area contributed by atoms with Crippen molar-refractivity contribution in [3.05, 3.63) is 0 Å². The van der Waals surface area contributed by atoms with Gasteiger partial charge in [-0.3, -0.25) is 0 Å². The summed E-state index contributed by atoms with van der Waals surface area (Å²) >= 11 is 3.83. The molecule has 0 saturated heterocycles. The molecule has 0 aromatic carbocycles. The Labute approximate surface area is 48.1 Å². The summed E-state index contributed by atoms with van der Waals surface area (Å²) in [5.41, 5.74) is 0. The normalized spacial score (nSPS) is 2.67. The fraction of sp³-hybridized carbons (Fsp3) is 0.800. The van der Waals surface area contributed by atoms with Crippen molar-refractivity contribution in [2.75, 3.05) is 0 Å². The van der Waals surface area contributed by atoms with Crippen LogP contribution in [0.2, 0.25) is 0 Å². The zero-order valence-electron chi connectivity index (χ0n) is 5.12. The Hall–Kier alpha value is 0.0900. The first kappa shape index (κ1) is 16.5. The summed E-state index contributed by atoms with van der Waals surface area (Å²) in [5.74, 6) is 2.83. The quantitative estimate of drug-likeness (QED) is 0.432. The molecule has 0 radical (unpaired) electrons. The molecule has 0 saturated carbocycles. The summed E-state index contributed by atoms with van der Waals surface area (Å²) < 4.78 is 0. The maximum atomic E-state index is 3.83. The molecule has 0 N–H and O–H groups in total. The molecule has 0 aliphatic rings. The summed E-state index contributed by atoms with van der Waals surface area (Å²) in [6.07, 6.45) is 0. The maximum absolute atomic E-state index is 3.83. The molecule has 0 spiro atoms. The zero-order valence-corrected chi connectivity index (χ0v) is 5.93. The van der Waals surface area contributed by atoms with Crippen LogP contribution in [0.1, 0.15) is 29.1 Å². The average molecular weight is 110 g/mol. The number of hydrogen-bond acceptors (Lipinski definition) is 1. The molecule has 0 unspecified atom stereocenters. The van der Waals surface area contributed by atoms with Gasteiger partial charge in [0.05, 0.1) is 0 Å². The molecular weight excluding hydrogens is 92.1 g/mol. The Kier molecular flexibility index (Phi) is 29000. The predicted octanol–water partition coefficient (Wildman–Crippen LogP) is 2.91. The molecule has 0 fully saturated rings. The van der Waals surface area contributed by atoms with E-state index in [0.717, 1.165) is 0 Å². The largest absolute Gasteiger partial charge is 0.0973 e. The zero-order chi connectivity index (χ0) is 6.00. The summed E-state index contributed by atoms with van der Waals surface area (Å²) in [5, 5.41) is 0. The van der Waals surface area contributed by atoms with Gasteiger partial charge in [-0.25, -0.2) is 0 Å². The van der Waals surface area contributed by atoms with Crippen LogP contribution in [0, 0.1) is 0 Å². The van der Waals surface area contributed by atoms with Crippen LogP contribution in [0.25, 0.3) is 0 Å². The lowest BCUT2D eigenvalue weighted by Crippen LogP contribution is -0.856. The molecule has 0 aromatic rings. The third kappa shape index (κ3) is 4820. The van der Waals surface area contributed by atoms with Crippen LogP contribution in [0.5, 0.6) is 0 Å². The maximum Gasteiger partial charge on any atom is 0 e. The molecule has 0 aliphatic heterocycles. The topological polar surface area (TPSA) is 0 Å². The van der Waals surface area contributed by atoms with E-state index < -0.39 is 0 Å². The first-order valence-corrected chi connectivity index (χ1v) is 2.87. The Morgan fingerprint density at radius 2 is 1.00 bits per heavy atom. The molecule has 0 amide bonds. The van der Waals surface area contributed by atoms with E-state index in [9.17, 15) is 0 Å². The fourth-order valence-corrected chi connectivity index (χ4v) is 0. The van der Waals surface area contributed by atoms with Crippen LogP contribution in [-0.4, -0.2) is 5.87 Å². The molecule has 0 atom stereocenters. The van der Waals surface area contributed by atoms with Crippen LogP contribution in [0.15, 0.2) is 0 Å². The van der Waals surface area contributed by atoms with Gasteiger partial charge in [0, 0.05) is 1.43 Å². The molecule has 0 bridgehead atoms. The van der Waals surface area contributed by atoms with Gasteiger partial charge in [0.25, 0.3) is 0 Å². The molecule has 42 valence electrons. The fourth-order valence-electron chi connectivity index (χ4n) is 0. The summed E-state index contributed by atoms with van der Waals surface area (Å²) in [6, 6.07) is 0. The van der Waals surface area contributed by atoms with E-state index >= 15 is 0 Å². The van der Waals surface area contributed by atoms with Crippen molar-refractivity contribution in [2.45, 2.75) is 27.7 Å². The van der Waals surface area contributed by atoms with Gasteiger partial charge < -0.3 is 0 Å². The smallest absolute Gasteiger partial charge is 0 e. The first-order chi connectivity index (χ1) is 3.00. The van der Waals surface area contributed by atoms with E-state index in [1.165, 1.54) is 0 Å². The van der Waals surface area contributed by atoms with Crippen molar-refractivity contribution in [2.24, 2.45) is 0 Å². The molecule has 1 heteroatoms. The van der Waals surface area contributed by atoms with Crippen molar-refractivity contribution in [1.82, 2.24) is 0 Å². The van der Waals surface area contributed by atoms with Crippen LogP contribution >= 0.6 is 12.2 Å². The molecule has 0 nitrogen and oxygen atoms in total. The van der Waals surface area contributed by atoms with Crippen molar-refractivity contribution >= 4 is 18.1 Å². The monoisotopic (exact) mass is 110 g/mol. The highest BCUT2D eigenvalue weighted by atomic mass is 32.1. The highest BCUT2D eigenvalue weighted by molar-refractivity contribution is 7.77. The minimum Gasteiger partial charge on any atom is -0.0973 e. The Morgan fingerprint density at radius 3 is 1.00 bits per heavy atom. The molecule has 0 rings (SSSR count). The highest BCUT2D eigenvalue weighted by Crippen LogP contribution is 1.15. The third-order valence-corrected chi connectivity index (χ3v) is 0. The van der Waals surface area contributed by atoms with Crippen LogP contribution < -0.4 is 0 Å². The van der Waals surface area contributed by atoms with Gasteiger partial charge in [-0.15, -0.1) is 0 Å². The molecule has 6 heavy (non-hydrogen) atoms. The van der Waals surface area contributed by atoms with Gasteiger partial charge in [-0.05, 0) is 5.87 Å². The van der Waals surface area contributed by atoms with Gasteiger partial charge in [-0.2, -0.15) is 0 Å². The third-order valence-electron chi connectivity index (χ3n) is 0. The minimum absolute atomic E-state index is 0. The summed E-state index contributed by atoms with van der Waals surface area (Å²) in [7, 11) is 0. The molecule has 0 aromatic heterocycles. The van der Waals surface area contributed by atoms with E-state index in [1.54, 1.807) is 0 Å². The Morgan fingerprint density at radius 1 is 1.00 bits per heavy atom. The van der Waals surface area contributed by atoms with Gasteiger partial charge in [-0.1, -0.05) is 39.9 Å². The number of thiocarbonyl (C=S) groups is 1. The van der Waals surface area contributed by atoms with E-state index in [4.69, 9.17) is 0 Å². The van der Waals surface area contributed by atoms with Crippen molar-refractivity contribution in [3.63, 3.8) is 0 Å². The van der Waals surface area contributed by atoms with Crippen molar-refractivity contribution in [1.29, 1.82) is 0 Å². The van der Waals surface area contributed by atoms with Gasteiger partial charge in [0.2, 0.25) is 0 Å². The molecular formula is C5H16S. The minimum atomic E-state index is 0. The lowest BCUT2D eigenvalue weighted by molar-refractivity contribution is 1.50. The van der Waals surface area contributed by atoms with E-state index in [2.05, 4.69) is 18.1 Å². The van der Waals surface area contributed by atoms with Gasteiger partial charge >= 0.3 is 0 Å². The van der Waals surface area contributed by atoms with Crippen LogP contribution in [-0.2, 0) is 0 Å². The SMILES string of the molecule is C=S.CC.CC.[3HH]. The second kappa shape index (κ2) is 10500. The summed E-state index contributed by atoms with van der Waals surface area (Å²) in [6.45, 7) is 8.00. The first-order valence-electron chi connectivity index (χ1n) is 2.29. The average Bonchev–Trinajstić information content (AvgIpc) is 1.81. The van der Waals surface area contributed by atoms with Crippen LogP contribution in [0.3, 0.4) is 0 Å². The Balaban J connectivity index is -0.00000000900. The Bertz CT molecular complexity index is 8.04. The van der Waals surface area contributed by atoms with Gasteiger partial charge in [0.1, 0.15) is 0 Å². The lowest BCUT2D eigenvalue weighted by atomic mass is 11.0. The predicted molar refractivity (Wildman–Crippen MR) is 39.5 cm³/mol. The van der Waals surface area contributed by atoms with Crippen molar-refractivity contribution in [3.8, 4) is 0 Å². The second-order valence-corrected chi connectivity index (χ2v) is 0. The standard InChI is InChI=1S/2C2H6.CH2S.H2/c3*1-2;/h2*1-2H3;1H2;1H/i;;;1+2. The molecule has 0 aliphatic carbocycles. The number of rotatable bonds is 0. The highest BCUT2D eigenvalue weighted by Gasteiger charge is 0.934. The van der Waals surface area contributed by atoms with E-state index in [-0.39, 0.29) is 1.43 Å².